The molecule has 0 amide bonds. The fourth-order valence-electron chi connectivity index (χ4n) is 0.379. The van der Waals surface area contributed by atoms with Gasteiger partial charge >= 0.3 is 63.5 Å². The van der Waals surface area contributed by atoms with E-state index in [1.807, 2.05) is 0 Å². The van der Waals surface area contributed by atoms with Crippen molar-refractivity contribution in [3.05, 3.63) is 0 Å². The molecule has 0 radical (unpaired) electrons. The predicted octanol–water partition coefficient (Wildman–Crippen LogP) is -0.952. The summed E-state index contributed by atoms with van der Waals surface area (Å²) in [6.07, 6.45) is 1.01. The molecule has 8 nitrogen and oxygen atoms in total. The van der Waals surface area contributed by atoms with Crippen LogP contribution in [0.5, 0.6) is 0 Å². The van der Waals surface area contributed by atoms with Crippen LogP contribution in [-0.4, -0.2) is 90.4 Å². The van der Waals surface area contributed by atoms with Crippen LogP contribution in [0.4, 0.5) is 0 Å². The molecule has 0 saturated carbocycles. The molecule has 0 aliphatic carbocycles. The molecule has 0 aromatic rings. The molecule has 1 atom stereocenters. The van der Waals surface area contributed by atoms with Gasteiger partial charge in [-0.05, 0) is 21.0 Å². The number of likely N-dealkylation sites (N-methyl/N-ethyl adjacent to an activating group) is 1. The first-order valence-electron chi connectivity index (χ1n) is 5.25. The van der Waals surface area contributed by atoms with Gasteiger partial charge in [0.05, 0.1) is 0 Å². The van der Waals surface area contributed by atoms with E-state index in [0.717, 1.165) is 6.42 Å². The van der Waals surface area contributed by atoms with Crippen molar-refractivity contribution in [2.45, 2.75) is 23.1 Å². The van der Waals surface area contributed by atoms with E-state index in [9.17, 15) is 4.79 Å². The van der Waals surface area contributed by atoms with Gasteiger partial charge in [-0.15, -0.1) is 0 Å². The molecule has 1 unspecified atom stereocenters. The van der Waals surface area contributed by atoms with E-state index in [-0.39, 0.29) is 6.04 Å². The summed E-state index contributed by atoms with van der Waals surface area (Å²) in [5.41, 5.74) is 0. The summed E-state index contributed by atoms with van der Waals surface area (Å²) in [5.74, 6) is -0.782. The second kappa shape index (κ2) is 13.9. The molecular formula is C8H21NNaO7P. The number of nitrogens with zero attached hydrogens (tertiary/aromatic N) is 1. The van der Waals surface area contributed by atoms with Crippen molar-refractivity contribution in [2.75, 3.05) is 20.7 Å². The molecule has 0 aliphatic rings. The number of hydrogen-bond acceptors (Lipinski definition) is 4. The van der Waals surface area contributed by atoms with E-state index in [2.05, 4.69) is 0 Å². The van der Waals surface area contributed by atoms with E-state index in [1.165, 1.54) is 31.6 Å². The number of carboxylic acid groups (broad SMARTS) is 1. The van der Waals surface area contributed by atoms with E-state index in [4.69, 9.17) is 29.5 Å². The molecule has 0 aliphatic heterocycles. The van der Waals surface area contributed by atoms with Crippen molar-refractivity contribution >= 4 is 41.7 Å². The number of aliphatic hydroxyl groups is 1. The summed E-state index contributed by atoms with van der Waals surface area (Å²) in [6.45, 7) is 2.02. The quantitative estimate of drug-likeness (QED) is 0.330. The van der Waals surface area contributed by atoms with Gasteiger partial charge in [-0.1, -0.05) is 0 Å². The SMILES string of the molecule is CC(C(=O)O)N(C)C.O=P(O)(O)O.OCC[CH2][Na]. The average Bonchev–Trinajstić information content (AvgIpc) is 2.15. The molecule has 0 saturated heterocycles. The summed E-state index contributed by atoms with van der Waals surface area (Å²) < 4.78 is 10.1. The third-order valence-corrected chi connectivity index (χ3v) is 2.35. The summed E-state index contributed by atoms with van der Waals surface area (Å²) in [6, 6.07) is -0.380. The summed E-state index contributed by atoms with van der Waals surface area (Å²) in [7, 11) is -1.17. The molecule has 106 valence electrons. The molecule has 0 rings (SSSR count). The minimum absolute atomic E-state index is 0.378. The van der Waals surface area contributed by atoms with Crippen molar-refractivity contribution in [3.63, 3.8) is 0 Å². The maximum atomic E-state index is 10.1. The monoisotopic (exact) mass is 297 g/mol. The second-order valence-electron chi connectivity index (χ2n) is 3.57. The van der Waals surface area contributed by atoms with Crippen LogP contribution in [0.15, 0.2) is 0 Å². The first-order chi connectivity index (χ1) is 7.97. The third kappa shape index (κ3) is 36.0. The summed E-state index contributed by atoms with van der Waals surface area (Å²) >= 11 is 1.24. The Balaban J connectivity index is -0.000000197. The van der Waals surface area contributed by atoms with Crippen LogP contribution >= 0.6 is 7.82 Å². The molecule has 5 N–H and O–H groups in total. The Labute approximate surface area is 124 Å². The van der Waals surface area contributed by atoms with Gasteiger partial charge in [-0.2, -0.15) is 0 Å². The molecular weight excluding hydrogens is 276 g/mol. The first-order valence-corrected chi connectivity index (χ1v) is 8.23. The van der Waals surface area contributed by atoms with E-state index >= 15 is 0 Å². The number of aliphatic hydroxyl groups excluding tert-OH is 1. The molecule has 10 heteroatoms. The van der Waals surface area contributed by atoms with Crippen molar-refractivity contribution in [3.8, 4) is 0 Å². The second-order valence-corrected chi connectivity index (χ2v) is 5.59. The van der Waals surface area contributed by atoms with Crippen molar-refractivity contribution < 1.29 is 34.3 Å². The topological polar surface area (TPSA) is 139 Å². The molecule has 0 aromatic heterocycles. The van der Waals surface area contributed by atoms with Crippen LogP contribution in [0.1, 0.15) is 13.3 Å². The van der Waals surface area contributed by atoms with Crippen LogP contribution in [0.2, 0.25) is 3.67 Å². The summed E-state index contributed by atoms with van der Waals surface area (Å²) in [5, 5.41) is 16.4. The third-order valence-electron chi connectivity index (χ3n) is 1.64. The normalized spacial score (nSPS) is 11.9. The van der Waals surface area contributed by atoms with E-state index < -0.39 is 13.8 Å². The van der Waals surface area contributed by atoms with Gasteiger partial charge in [-0.25, -0.2) is 4.57 Å². The number of hydrogen-bond donors (Lipinski definition) is 5. The van der Waals surface area contributed by atoms with Crippen LogP contribution in [0.25, 0.3) is 0 Å². The van der Waals surface area contributed by atoms with Crippen molar-refractivity contribution in [2.24, 2.45) is 0 Å². The van der Waals surface area contributed by atoms with Gasteiger partial charge in [0, 0.05) is 0 Å². The number of rotatable bonds is 4. The van der Waals surface area contributed by atoms with Gasteiger partial charge in [-0.3, -0.25) is 9.69 Å². The molecule has 18 heavy (non-hydrogen) atoms. The Kier molecular flexibility index (Phi) is 18.2. The Morgan fingerprint density at radius 2 is 1.67 bits per heavy atom. The van der Waals surface area contributed by atoms with Crippen LogP contribution < -0.4 is 0 Å². The number of carbonyl (C=O) groups is 1. The molecule has 0 spiro atoms. The van der Waals surface area contributed by atoms with Crippen molar-refractivity contribution in [1.82, 2.24) is 4.90 Å². The van der Waals surface area contributed by atoms with E-state index in [0.29, 0.717) is 6.61 Å². The fourth-order valence-corrected chi connectivity index (χ4v) is 0.695. The Bertz CT molecular complexity index is 235. The molecule has 0 aromatic carbocycles. The zero-order valence-electron chi connectivity index (χ0n) is 11.1. The Hall–Kier alpha value is 0.500. The Morgan fingerprint density at radius 1 is 1.33 bits per heavy atom. The zero-order chi connectivity index (χ0) is 15.4. The maximum absolute atomic E-state index is 10.1. The van der Waals surface area contributed by atoms with Gasteiger partial charge in [0.1, 0.15) is 6.04 Å². The molecule has 0 heterocycles. The van der Waals surface area contributed by atoms with Gasteiger partial charge in [0.25, 0.3) is 0 Å². The molecule has 0 bridgehead atoms. The predicted molar refractivity (Wildman–Crippen MR) is 67.3 cm³/mol. The molecule has 0 fully saturated rings. The van der Waals surface area contributed by atoms with E-state index in [1.54, 1.807) is 25.9 Å². The zero-order valence-corrected chi connectivity index (χ0v) is 14.0. The minimum atomic E-state index is -4.64. The van der Waals surface area contributed by atoms with Crippen LogP contribution in [-0.2, 0) is 9.36 Å². The first kappa shape index (κ1) is 23.6. The number of carboxylic acids is 1. The Morgan fingerprint density at radius 3 is 1.67 bits per heavy atom. The van der Waals surface area contributed by atoms with Gasteiger partial charge in [0.15, 0.2) is 0 Å². The fraction of sp³-hybridized carbons (Fsp3) is 0.875. The van der Waals surface area contributed by atoms with Crippen molar-refractivity contribution in [1.29, 1.82) is 0 Å². The van der Waals surface area contributed by atoms with Crippen LogP contribution in [0, 0.1) is 0 Å². The average molecular weight is 297 g/mol. The number of aliphatic carboxylic acids is 1. The van der Waals surface area contributed by atoms with Gasteiger partial charge in [0.2, 0.25) is 0 Å². The van der Waals surface area contributed by atoms with Gasteiger partial charge < -0.3 is 19.8 Å². The van der Waals surface area contributed by atoms with Crippen LogP contribution in [0.3, 0.4) is 0 Å². The number of phosphoric acid groups is 1. The summed E-state index contributed by atoms with van der Waals surface area (Å²) in [4.78, 5) is 33.3. The standard InChI is InChI=1S/C5H11NO2.C3H7O.Na.H3O4P/c1-4(5(7)8)6(2)3;1-2-3-4;;1-5(2,3)4/h4H,1-3H3,(H,7,8);4H,1-3H2;;(H3,1,2,3,4).